The summed E-state index contributed by atoms with van der Waals surface area (Å²) in [6.45, 7) is 0. The van der Waals surface area contributed by atoms with Crippen molar-refractivity contribution in [3.63, 3.8) is 0 Å². The summed E-state index contributed by atoms with van der Waals surface area (Å²) < 4.78 is 11.1. The maximum Gasteiger partial charge on any atom is 0.346 e. The van der Waals surface area contributed by atoms with E-state index in [0.717, 1.165) is 0 Å². The summed E-state index contributed by atoms with van der Waals surface area (Å²) in [5.74, 6) is -2.37. The minimum absolute atomic E-state index is 0.0637. The highest BCUT2D eigenvalue weighted by Gasteiger charge is 2.53. The summed E-state index contributed by atoms with van der Waals surface area (Å²) in [5.41, 5.74) is 5.54. The molecular weight excluding hydrogens is 209 g/mol. The minimum atomic E-state index is -4.57. The first-order chi connectivity index (χ1) is 6.29. The van der Waals surface area contributed by atoms with Crippen LogP contribution in [0.1, 0.15) is 25.7 Å². The Morgan fingerprint density at radius 1 is 1.43 bits per heavy atom. The molecule has 2 atom stereocenters. The van der Waals surface area contributed by atoms with Crippen LogP contribution in [0, 0.1) is 5.92 Å². The van der Waals surface area contributed by atoms with Crippen molar-refractivity contribution in [2.45, 2.75) is 31.0 Å². The topological polar surface area (TPSA) is 121 Å². The zero-order valence-corrected chi connectivity index (χ0v) is 8.48. The lowest BCUT2D eigenvalue weighted by Gasteiger charge is -2.38. The minimum Gasteiger partial charge on any atom is -0.481 e. The molecule has 0 radical (unpaired) electrons. The van der Waals surface area contributed by atoms with Crippen LogP contribution in [0.25, 0.3) is 0 Å². The van der Waals surface area contributed by atoms with Gasteiger partial charge in [-0.25, -0.2) is 0 Å². The summed E-state index contributed by atoms with van der Waals surface area (Å²) in [4.78, 5) is 28.9. The third-order valence-electron chi connectivity index (χ3n) is 2.76. The number of carboxylic acids is 1. The van der Waals surface area contributed by atoms with Crippen molar-refractivity contribution in [3.05, 3.63) is 0 Å². The maximum atomic E-state index is 11.1. The Bertz CT molecular complexity index is 288. The molecule has 82 valence electrons. The van der Waals surface area contributed by atoms with E-state index in [1.807, 2.05) is 0 Å². The monoisotopic (exact) mass is 223 g/mol. The maximum absolute atomic E-state index is 11.1. The molecule has 0 amide bonds. The summed E-state index contributed by atoms with van der Waals surface area (Å²) in [6.07, 6.45) is 1.51. The molecule has 1 rings (SSSR count). The largest absolute Gasteiger partial charge is 0.481 e. The number of carbonyl (C=O) groups is 1. The van der Waals surface area contributed by atoms with Gasteiger partial charge < -0.3 is 20.6 Å². The van der Waals surface area contributed by atoms with Crippen LogP contribution in [0.15, 0.2) is 0 Å². The average molecular weight is 223 g/mol. The van der Waals surface area contributed by atoms with Crippen LogP contribution >= 0.6 is 7.60 Å². The Morgan fingerprint density at radius 3 is 2.36 bits per heavy atom. The number of rotatable bonds is 2. The van der Waals surface area contributed by atoms with E-state index >= 15 is 0 Å². The van der Waals surface area contributed by atoms with Crippen molar-refractivity contribution in [3.8, 4) is 0 Å². The zero-order valence-electron chi connectivity index (χ0n) is 7.59. The quantitative estimate of drug-likeness (QED) is 0.492. The Kier molecular flexibility index (Phi) is 3.02. The summed E-state index contributed by atoms with van der Waals surface area (Å²) >= 11 is 0. The molecule has 0 heterocycles. The van der Waals surface area contributed by atoms with E-state index in [1.54, 1.807) is 0 Å². The van der Waals surface area contributed by atoms with E-state index in [-0.39, 0.29) is 12.8 Å². The van der Waals surface area contributed by atoms with Crippen molar-refractivity contribution in [1.29, 1.82) is 0 Å². The van der Waals surface area contributed by atoms with Crippen LogP contribution in [0.5, 0.6) is 0 Å². The molecule has 0 aromatic rings. The molecule has 1 fully saturated rings. The van der Waals surface area contributed by atoms with Crippen LogP contribution < -0.4 is 5.73 Å². The van der Waals surface area contributed by atoms with Gasteiger partial charge in [0.05, 0.1) is 5.92 Å². The van der Waals surface area contributed by atoms with Gasteiger partial charge in [-0.2, -0.15) is 0 Å². The SMILES string of the molecule is N[C@@]1(P(=O)(O)O)CCCC[C@H]1C(=O)O. The lowest BCUT2D eigenvalue weighted by atomic mass is 9.84. The van der Waals surface area contributed by atoms with Gasteiger partial charge in [-0.1, -0.05) is 12.8 Å². The summed E-state index contributed by atoms with van der Waals surface area (Å²) in [7, 11) is -4.57. The molecule has 0 saturated heterocycles. The van der Waals surface area contributed by atoms with Crippen LogP contribution in [-0.2, 0) is 9.36 Å². The van der Waals surface area contributed by atoms with Crippen molar-refractivity contribution in [2.24, 2.45) is 11.7 Å². The molecule has 6 nitrogen and oxygen atoms in total. The van der Waals surface area contributed by atoms with Crippen molar-refractivity contribution < 1.29 is 24.3 Å². The van der Waals surface area contributed by atoms with Crippen molar-refractivity contribution in [2.75, 3.05) is 0 Å². The van der Waals surface area contributed by atoms with E-state index in [2.05, 4.69) is 0 Å². The van der Waals surface area contributed by atoms with E-state index < -0.39 is 24.8 Å². The number of aliphatic carboxylic acids is 1. The van der Waals surface area contributed by atoms with Gasteiger partial charge in [-0.05, 0) is 12.8 Å². The fourth-order valence-corrected chi connectivity index (χ4v) is 2.96. The van der Waals surface area contributed by atoms with Gasteiger partial charge >= 0.3 is 13.6 Å². The molecule has 0 aliphatic heterocycles. The average Bonchev–Trinajstić information content (AvgIpc) is 2.02. The van der Waals surface area contributed by atoms with E-state index in [0.29, 0.717) is 12.8 Å². The molecule has 0 unspecified atom stereocenters. The van der Waals surface area contributed by atoms with Gasteiger partial charge in [0.25, 0.3) is 0 Å². The van der Waals surface area contributed by atoms with E-state index in [4.69, 9.17) is 20.6 Å². The van der Waals surface area contributed by atoms with Gasteiger partial charge in [0.1, 0.15) is 5.28 Å². The highest BCUT2D eigenvalue weighted by Crippen LogP contribution is 2.56. The molecule has 1 aliphatic rings. The van der Waals surface area contributed by atoms with Gasteiger partial charge in [-0.15, -0.1) is 0 Å². The molecule has 5 N–H and O–H groups in total. The Hall–Kier alpha value is -0.420. The molecular formula is C7H14NO5P. The summed E-state index contributed by atoms with van der Waals surface area (Å²) in [5, 5.41) is 6.94. The second-order valence-electron chi connectivity index (χ2n) is 3.67. The first-order valence-electron chi connectivity index (χ1n) is 4.36. The third-order valence-corrected chi connectivity index (χ3v) is 4.38. The van der Waals surface area contributed by atoms with Crippen LogP contribution in [0.4, 0.5) is 0 Å². The molecule has 14 heavy (non-hydrogen) atoms. The summed E-state index contributed by atoms with van der Waals surface area (Å²) in [6, 6.07) is 0. The molecule has 1 aliphatic carbocycles. The Morgan fingerprint density at radius 2 is 2.00 bits per heavy atom. The first kappa shape index (κ1) is 11.7. The number of nitrogens with two attached hydrogens (primary N) is 1. The van der Waals surface area contributed by atoms with Crippen LogP contribution in [0.2, 0.25) is 0 Å². The van der Waals surface area contributed by atoms with Gasteiger partial charge in [-0.3, -0.25) is 9.36 Å². The first-order valence-corrected chi connectivity index (χ1v) is 5.97. The molecule has 0 aromatic heterocycles. The lowest BCUT2D eigenvalue weighted by molar-refractivity contribution is -0.144. The normalized spacial score (nSPS) is 34.1. The predicted molar refractivity (Wildman–Crippen MR) is 48.6 cm³/mol. The molecule has 7 heteroatoms. The molecule has 0 bridgehead atoms. The third kappa shape index (κ3) is 1.83. The molecule has 1 saturated carbocycles. The Balaban J connectivity index is 3.03. The fraction of sp³-hybridized carbons (Fsp3) is 0.857. The standard InChI is InChI=1S/C7H14NO5P/c8-7(14(11,12)13)4-2-1-3-5(7)6(9)10/h5H,1-4,8H2,(H,9,10)(H2,11,12,13)/t5-,7+/m0/s1. The second kappa shape index (κ2) is 3.62. The second-order valence-corrected chi connectivity index (χ2v) is 5.59. The number of hydrogen-bond acceptors (Lipinski definition) is 3. The van der Waals surface area contributed by atoms with Gasteiger partial charge in [0.2, 0.25) is 0 Å². The predicted octanol–water partition coefficient (Wildman–Crippen LogP) is 0.0939. The van der Waals surface area contributed by atoms with Gasteiger partial charge in [0.15, 0.2) is 0 Å². The van der Waals surface area contributed by atoms with Crippen LogP contribution in [0.3, 0.4) is 0 Å². The van der Waals surface area contributed by atoms with E-state index in [1.165, 1.54) is 0 Å². The highest BCUT2D eigenvalue weighted by atomic mass is 31.2. The highest BCUT2D eigenvalue weighted by molar-refractivity contribution is 7.53. The smallest absolute Gasteiger partial charge is 0.346 e. The van der Waals surface area contributed by atoms with Crippen molar-refractivity contribution in [1.82, 2.24) is 0 Å². The molecule has 0 aromatic carbocycles. The number of carboxylic acid groups (broad SMARTS) is 1. The lowest BCUT2D eigenvalue weighted by Crippen LogP contribution is -2.51. The molecule has 0 spiro atoms. The zero-order chi connectivity index (χ0) is 11.0. The van der Waals surface area contributed by atoms with E-state index in [9.17, 15) is 9.36 Å². The number of hydrogen-bond donors (Lipinski definition) is 4. The fourth-order valence-electron chi connectivity index (χ4n) is 1.87. The van der Waals surface area contributed by atoms with Crippen LogP contribution in [-0.4, -0.2) is 26.1 Å². The van der Waals surface area contributed by atoms with Gasteiger partial charge in [0, 0.05) is 0 Å². The van der Waals surface area contributed by atoms with Crippen molar-refractivity contribution >= 4 is 13.6 Å². The Labute approximate surface area is 81.3 Å².